The van der Waals surface area contributed by atoms with Gasteiger partial charge in [0.1, 0.15) is 0 Å². The van der Waals surface area contributed by atoms with Gasteiger partial charge in [-0.25, -0.2) is 0 Å². The molecule has 1 aliphatic carbocycles. The first-order chi connectivity index (χ1) is 7.10. The van der Waals surface area contributed by atoms with Crippen molar-refractivity contribution in [3.05, 3.63) is 0 Å². The molecule has 1 aliphatic rings. The van der Waals surface area contributed by atoms with E-state index in [1.165, 1.54) is 32.1 Å². The van der Waals surface area contributed by atoms with Crippen LogP contribution in [0.1, 0.15) is 52.9 Å². The first-order valence-corrected chi connectivity index (χ1v) is 6.27. The third kappa shape index (κ3) is 3.54. The van der Waals surface area contributed by atoms with Crippen molar-refractivity contribution in [2.75, 3.05) is 6.54 Å². The number of rotatable bonds is 4. The zero-order chi connectivity index (χ0) is 11.3. The molecule has 0 bridgehead atoms. The van der Waals surface area contributed by atoms with E-state index in [1.54, 1.807) is 0 Å². The zero-order valence-electron chi connectivity index (χ0n) is 10.5. The van der Waals surface area contributed by atoms with Crippen LogP contribution < -0.4 is 5.32 Å². The van der Waals surface area contributed by atoms with Gasteiger partial charge in [0.25, 0.3) is 0 Å². The van der Waals surface area contributed by atoms with Gasteiger partial charge in [0.2, 0.25) is 0 Å². The van der Waals surface area contributed by atoms with Gasteiger partial charge in [0, 0.05) is 6.04 Å². The largest absolute Gasteiger partial charge is 0.303 e. The molecule has 0 radical (unpaired) electrons. The van der Waals surface area contributed by atoms with Crippen LogP contribution >= 0.6 is 0 Å². The normalized spacial score (nSPS) is 27.3. The summed E-state index contributed by atoms with van der Waals surface area (Å²) in [5.74, 6) is 3.57. The Morgan fingerprint density at radius 2 is 1.87 bits per heavy atom. The lowest BCUT2D eigenvalue weighted by Gasteiger charge is -2.39. The average Bonchev–Trinajstić information content (AvgIpc) is 2.27. The molecule has 86 valence electrons. The first-order valence-electron chi connectivity index (χ1n) is 6.27. The first kappa shape index (κ1) is 12.6. The van der Waals surface area contributed by atoms with Gasteiger partial charge in [-0.2, -0.15) is 0 Å². The summed E-state index contributed by atoms with van der Waals surface area (Å²) < 4.78 is 0. The number of terminal acetylenes is 1. The molecule has 0 unspecified atom stereocenters. The fourth-order valence-corrected chi connectivity index (χ4v) is 2.57. The van der Waals surface area contributed by atoms with Crippen LogP contribution in [-0.2, 0) is 0 Å². The number of hydrogen-bond acceptors (Lipinski definition) is 1. The van der Waals surface area contributed by atoms with Crippen molar-refractivity contribution in [3.63, 3.8) is 0 Å². The van der Waals surface area contributed by atoms with Crippen LogP contribution in [0, 0.1) is 23.7 Å². The van der Waals surface area contributed by atoms with Crippen LogP contribution in [0.15, 0.2) is 0 Å². The fraction of sp³-hybridized carbons (Fsp3) is 0.857. The molecule has 1 N–H and O–H groups in total. The van der Waals surface area contributed by atoms with Crippen LogP contribution in [0.2, 0.25) is 0 Å². The van der Waals surface area contributed by atoms with Crippen molar-refractivity contribution in [2.45, 2.75) is 58.9 Å². The van der Waals surface area contributed by atoms with Crippen LogP contribution in [0.4, 0.5) is 0 Å². The smallest absolute Gasteiger partial charge is 0.0575 e. The van der Waals surface area contributed by atoms with Crippen molar-refractivity contribution in [1.82, 2.24) is 5.32 Å². The molecular weight excluding hydrogens is 182 g/mol. The highest BCUT2D eigenvalue weighted by Gasteiger charge is 2.31. The molecule has 1 rings (SSSR count). The van der Waals surface area contributed by atoms with E-state index in [4.69, 9.17) is 6.42 Å². The van der Waals surface area contributed by atoms with E-state index in [2.05, 4.69) is 32.0 Å². The van der Waals surface area contributed by atoms with E-state index in [1.807, 2.05) is 0 Å². The molecule has 0 saturated heterocycles. The number of hydrogen-bond donors (Lipinski definition) is 1. The monoisotopic (exact) mass is 207 g/mol. The van der Waals surface area contributed by atoms with E-state index < -0.39 is 0 Å². The molecule has 1 fully saturated rings. The van der Waals surface area contributed by atoms with Crippen LogP contribution in [0.5, 0.6) is 0 Å². The minimum atomic E-state index is 0.525. The van der Waals surface area contributed by atoms with Gasteiger partial charge in [-0.15, -0.1) is 6.42 Å². The van der Waals surface area contributed by atoms with Gasteiger partial charge in [-0.1, -0.05) is 33.1 Å². The van der Waals surface area contributed by atoms with E-state index in [0.717, 1.165) is 12.5 Å². The maximum Gasteiger partial charge on any atom is 0.0575 e. The average molecular weight is 207 g/mol. The predicted octanol–water partition coefficient (Wildman–Crippen LogP) is 3.20. The van der Waals surface area contributed by atoms with Crippen molar-refractivity contribution in [1.29, 1.82) is 0 Å². The summed E-state index contributed by atoms with van der Waals surface area (Å²) in [6.07, 6.45) is 11.9. The van der Waals surface area contributed by atoms with Gasteiger partial charge in [0.15, 0.2) is 0 Å². The van der Waals surface area contributed by atoms with Crippen LogP contribution in [0.25, 0.3) is 0 Å². The Hall–Kier alpha value is -0.480. The van der Waals surface area contributed by atoms with Crippen molar-refractivity contribution < 1.29 is 0 Å². The van der Waals surface area contributed by atoms with Crippen LogP contribution in [-0.4, -0.2) is 12.6 Å². The Morgan fingerprint density at radius 3 is 2.33 bits per heavy atom. The standard InChI is InChI=1S/C14H25N/c1-5-11-15-13-9-7-12(8-10-13)14(3,4)6-2/h1,12-13,15H,6-11H2,2-4H3. The summed E-state index contributed by atoms with van der Waals surface area (Å²) in [6.45, 7) is 7.86. The maximum atomic E-state index is 5.25. The third-order valence-electron chi connectivity index (χ3n) is 4.24. The molecule has 0 heterocycles. The summed E-state index contributed by atoms with van der Waals surface area (Å²) in [5.41, 5.74) is 0.525. The van der Waals surface area contributed by atoms with E-state index in [0.29, 0.717) is 11.5 Å². The molecule has 0 aromatic heterocycles. The van der Waals surface area contributed by atoms with Gasteiger partial charge in [-0.3, -0.25) is 0 Å². The molecule has 0 atom stereocenters. The summed E-state index contributed by atoms with van der Waals surface area (Å²) in [4.78, 5) is 0. The SMILES string of the molecule is C#CCNC1CCC(C(C)(C)CC)CC1. The minimum absolute atomic E-state index is 0.525. The molecule has 1 saturated carbocycles. The third-order valence-corrected chi connectivity index (χ3v) is 4.24. The van der Waals surface area contributed by atoms with E-state index >= 15 is 0 Å². The highest BCUT2D eigenvalue weighted by Crippen LogP contribution is 2.40. The minimum Gasteiger partial charge on any atom is -0.303 e. The molecule has 1 nitrogen and oxygen atoms in total. The summed E-state index contributed by atoms with van der Waals surface area (Å²) in [7, 11) is 0. The highest BCUT2D eigenvalue weighted by atomic mass is 14.9. The lowest BCUT2D eigenvalue weighted by molar-refractivity contribution is 0.138. The molecule has 1 heteroatoms. The Kier molecular flexibility index (Phi) is 4.67. The zero-order valence-corrected chi connectivity index (χ0v) is 10.5. The van der Waals surface area contributed by atoms with Crippen molar-refractivity contribution >= 4 is 0 Å². The topological polar surface area (TPSA) is 12.0 Å². The van der Waals surface area contributed by atoms with Gasteiger partial charge >= 0.3 is 0 Å². The van der Waals surface area contributed by atoms with Crippen molar-refractivity contribution in [3.8, 4) is 12.3 Å². The lowest BCUT2D eigenvalue weighted by Crippen LogP contribution is -2.36. The Morgan fingerprint density at radius 1 is 1.27 bits per heavy atom. The molecule has 0 amide bonds. The Balaban J connectivity index is 2.33. The summed E-state index contributed by atoms with van der Waals surface area (Å²) in [6, 6.07) is 0.671. The second kappa shape index (κ2) is 5.56. The van der Waals surface area contributed by atoms with Gasteiger partial charge < -0.3 is 5.32 Å². The molecule has 0 aromatic rings. The number of nitrogens with one attached hydrogen (secondary N) is 1. The molecule has 0 spiro atoms. The molecule has 0 aromatic carbocycles. The Labute approximate surface area is 95.0 Å². The molecule has 0 aliphatic heterocycles. The second-order valence-corrected chi connectivity index (χ2v) is 5.48. The highest BCUT2D eigenvalue weighted by molar-refractivity contribution is 4.90. The molecular formula is C14H25N. The lowest BCUT2D eigenvalue weighted by atomic mass is 9.69. The Bertz CT molecular complexity index is 216. The van der Waals surface area contributed by atoms with E-state index in [9.17, 15) is 0 Å². The maximum absolute atomic E-state index is 5.25. The van der Waals surface area contributed by atoms with Crippen LogP contribution in [0.3, 0.4) is 0 Å². The fourth-order valence-electron chi connectivity index (χ4n) is 2.57. The summed E-state index contributed by atoms with van der Waals surface area (Å²) >= 11 is 0. The summed E-state index contributed by atoms with van der Waals surface area (Å²) in [5, 5.41) is 3.43. The quantitative estimate of drug-likeness (QED) is 0.698. The molecule has 15 heavy (non-hydrogen) atoms. The second-order valence-electron chi connectivity index (χ2n) is 5.48. The van der Waals surface area contributed by atoms with Gasteiger partial charge in [-0.05, 0) is 37.0 Å². The van der Waals surface area contributed by atoms with Gasteiger partial charge in [0.05, 0.1) is 6.54 Å². The predicted molar refractivity (Wildman–Crippen MR) is 66.7 cm³/mol. The van der Waals surface area contributed by atoms with Crippen molar-refractivity contribution in [2.24, 2.45) is 11.3 Å². The van der Waals surface area contributed by atoms with E-state index in [-0.39, 0.29) is 0 Å².